The van der Waals surface area contributed by atoms with Crippen molar-refractivity contribution in [1.82, 2.24) is 19.7 Å². The number of carbonyl (C=O) groups excluding carboxylic acids is 1. The Bertz CT molecular complexity index is 1170. The maximum atomic E-state index is 12.1. The van der Waals surface area contributed by atoms with Crippen LogP contribution in [-0.2, 0) is 18.4 Å². The first-order valence-electron chi connectivity index (χ1n) is 11.5. The number of fused-ring (bicyclic) bond motifs is 1. The van der Waals surface area contributed by atoms with Crippen LogP contribution in [0.3, 0.4) is 0 Å². The zero-order valence-electron chi connectivity index (χ0n) is 19.4. The molecule has 0 spiro atoms. The van der Waals surface area contributed by atoms with Crippen LogP contribution in [0.2, 0.25) is 0 Å². The van der Waals surface area contributed by atoms with E-state index in [-0.39, 0.29) is 22.7 Å². The highest BCUT2D eigenvalue weighted by molar-refractivity contribution is 8.00. The molecule has 2 aromatic carbocycles. The SMILES string of the molecule is CN(C)C(=O)c1ccc(-c2ccc(C3(c4nnc5n4CCS[C@@](C)(CO)C5)CC3)cc2)cc1. The van der Waals surface area contributed by atoms with Gasteiger partial charge in [0.05, 0.1) is 12.0 Å². The first-order valence-corrected chi connectivity index (χ1v) is 12.4. The Morgan fingerprint density at radius 1 is 1.06 bits per heavy atom. The monoisotopic (exact) mass is 462 g/mol. The van der Waals surface area contributed by atoms with Crippen molar-refractivity contribution in [2.24, 2.45) is 0 Å². The molecule has 172 valence electrons. The number of carbonyl (C=O) groups is 1. The van der Waals surface area contributed by atoms with E-state index in [4.69, 9.17) is 0 Å². The molecule has 1 aliphatic heterocycles. The van der Waals surface area contributed by atoms with Crippen LogP contribution >= 0.6 is 11.8 Å². The number of aromatic nitrogens is 3. The van der Waals surface area contributed by atoms with Crippen molar-refractivity contribution in [2.75, 3.05) is 26.5 Å². The van der Waals surface area contributed by atoms with Crippen molar-refractivity contribution >= 4 is 17.7 Å². The van der Waals surface area contributed by atoms with E-state index >= 15 is 0 Å². The Morgan fingerprint density at radius 3 is 2.27 bits per heavy atom. The van der Waals surface area contributed by atoms with Crippen molar-refractivity contribution in [2.45, 2.75) is 42.9 Å². The van der Waals surface area contributed by atoms with Crippen molar-refractivity contribution in [1.29, 1.82) is 0 Å². The van der Waals surface area contributed by atoms with Gasteiger partial charge < -0.3 is 14.6 Å². The number of nitrogens with zero attached hydrogens (tertiary/aromatic N) is 4. The fraction of sp³-hybridized carbons (Fsp3) is 0.423. The predicted octanol–water partition coefficient (Wildman–Crippen LogP) is 3.77. The summed E-state index contributed by atoms with van der Waals surface area (Å²) < 4.78 is 2.11. The topological polar surface area (TPSA) is 71.2 Å². The molecule has 1 saturated carbocycles. The average Bonchev–Trinajstić information content (AvgIpc) is 3.58. The van der Waals surface area contributed by atoms with Gasteiger partial charge in [0.25, 0.3) is 5.91 Å². The van der Waals surface area contributed by atoms with E-state index < -0.39 is 0 Å². The maximum absolute atomic E-state index is 12.1. The summed E-state index contributed by atoms with van der Waals surface area (Å²) in [4.78, 5) is 13.7. The maximum Gasteiger partial charge on any atom is 0.253 e. The zero-order valence-corrected chi connectivity index (χ0v) is 20.2. The van der Waals surface area contributed by atoms with Gasteiger partial charge in [-0.05, 0) is 48.6 Å². The van der Waals surface area contributed by atoms with Gasteiger partial charge in [0.15, 0.2) is 0 Å². The number of benzene rings is 2. The summed E-state index contributed by atoms with van der Waals surface area (Å²) in [6, 6.07) is 16.5. The van der Waals surface area contributed by atoms with E-state index in [0.29, 0.717) is 5.56 Å². The van der Waals surface area contributed by atoms with Gasteiger partial charge in [0.1, 0.15) is 11.6 Å². The van der Waals surface area contributed by atoms with E-state index in [9.17, 15) is 9.90 Å². The summed E-state index contributed by atoms with van der Waals surface area (Å²) in [6.45, 7) is 3.14. The van der Waals surface area contributed by atoms with Crippen molar-refractivity contribution in [3.05, 3.63) is 71.3 Å². The molecule has 1 atom stereocenters. The second-order valence-corrected chi connectivity index (χ2v) is 11.3. The van der Waals surface area contributed by atoms with E-state index in [2.05, 4.69) is 46.0 Å². The number of amides is 1. The summed E-state index contributed by atoms with van der Waals surface area (Å²) in [6.07, 6.45) is 2.90. The highest BCUT2D eigenvalue weighted by Crippen LogP contribution is 2.53. The van der Waals surface area contributed by atoms with E-state index in [0.717, 1.165) is 54.3 Å². The molecule has 2 heterocycles. The molecule has 1 fully saturated rings. The van der Waals surface area contributed by atoms with Crippen LogP contribution in [0.4, 0.5) is 0 Å². The normalized spacial score (nSPS) is 21.2. The first-order chi connectivity index (χ1) is 15.8. The molecule has 7 heteroatoms. The zero-order chi connectivity index (χ0) is 23.2. The van der Waals surface area contributed by atoms with Crippen LogP contribution in [0, 0.1) is 0 Å². The van der Waals surface area contributed by atoms with Crippen LogP contribution in [0.5, 0.6) is 0 Å². The lowest BCUT2D eigenvalue weighted by atomic mass is 9.92. The molecule has 0 radical (unpaired) electrons. The second kappa shape index (κ2) is 8.29. The van der Waals surface area contributed by atoms with Crippen LogP contribution in [0.25, 0.3) is 11.1 Å². The number of aliphatic hydroxyl groups is 1. The largest absolute Gasteiger partial charge is 0.395 e. The first kappa shape index (κ1) is 22.2. The van der Waals surface area contributed by atoms with Crippen molar-refractivity contribution in [3.63, 3.8) is 0 Å². The van der Waals surface area contributed by atoms with Crippen molar-refractivity contribution in [3.8, 4) is 11.1 Å². The Morgan fingerprint density at radius 2 is 1.70 bits per heavy atom. The lowest BCUT2D eigenvalue weighted by Gasteiger charge is -2.23. The highest BCUT2D eigenvalue weighted by atomic mass is 32.2. The molecule has 1 aliphatic carbocycles. The summed E-state index contributed by atoms with van der Waals surface area (Å²) >= 11 is 1.82. The van der Waals surface area contributed by atoms with E-state index in [1.165, 1.54) is 5.56 Å². The molecule has 0 saturated heterocycles. The summed E-state index contributed by atoms with van der Waals surface area (Å²) in [5.74, 6) is 3.02. The van der Waals surface area contributed by atoms with Gasteiger partial charge in [-0.2, -0.15) is 11.8 Å². The molecule has 1 aromatic heterocycles. The minimum atomic E-state index is -0.191. The van der Waals surface area contributed by atoms with Gasteiger partial charge >= 0.3 is 0 Å². The van der Waals surface area contributed by atoms with Gasteiger partial charge in [-0.1, -0.05) is 36.4 Å². The second-order valence-electron chi connectivity index (χ2n) is 9.66. The molecule has 6 nitrogen and oxygen atoms in total. The summed E-state index contributed by atoms with van der Waals surface area (Å²) in [7, 11) is 3.53. The Kier molecular flexibility index (Phi) is 5.57. The van der Waals surface area contributed by atoms with Crippen LogP contribution in [-0.4, -0.2) is 61.9 Å². The number of thioether (sulfide) groups is 1. The number of hydrogen-bond acceptors (Lipinski definition) is 5. The van der Waals surface area contributed by atoms with Gasteiger partial charge in [0, 0.05) is 43.1 Å². The quantitative estimate of drug-likeness (QED) is 0.625. The smallest absolute Gasteiger partial charge is 0.253 e. The number of aliphatic hydroxyl groups excluding tert-OH is 1. The molecular weight excluding hydrogens is 432 g/mol. The molecule has 5 rings (SSSR count). The average molecular weight is 463 g/mol. The molecule has 1 amide bonds. The molecular formula is C26H30N4O2S. The Hall–Kier alpha value is -2.64. The van der Waals surface area contributed by atoms with Crippen LogP contribution < -0.4 is 0 Å². The molecule has 3 aromatic rings. The minimum absolute atomic E-state index is 0.0118. The fourth-order valence-electron chi connectivity index (χ4n) is 4.74. The van der Waals surface area contributed by atoms with Crippen LogP contribution in [0.1, 0.15) is 47.3 Å². The fourth-order valence-corrected chi connectivity index (χ4v) is 5.83. The Labute approximate surface area is 199 Å². The standard InChI is InChI=1S/C26H30N4O2S/c1-25(17-31)16-22-27-28-24(30(22)14-15-33-25)26(12-13-26)21-10-8-19(9-11-21)18-4-6-20(7-5-18)23(32)29(2)3/h4-11,31H,12-17H2,1-3H3/t25-/m1/s1. The molecule has 0 unspecified atom stereocenters. The predicted molar refractivity (Wildman–Crippen MR) is 132 cm³/mol. The molecule has 33 heavy (non-hydrogen) atoms. The minimum Gasteiger partial charge on any atom is -0.395 e. The number of rotatable bonds is 5. The third-order valence-corrected chi connectivity index (χ3v) is 8.30. The Balaban J connectivity index is 1.40. The van der Waals surface area contributed by atoms with Crippen LogP contribution in [0.15, 0.2) is 48.5 Å². The van der Waals surface area contributed by atoms with Gasteiger partial charge in [-0.15, -0.1) is 10.2 Å². The molecule has 0 bridgehead atoms. The highest BCUT2D eigenvalue weighted by Gasteiger charge is 2.50. The third-order valence-electron chi connectivity index (χ3n) is 6.95. The summed E-state index contributed by atoms with van der Waals surface area (Å²) in [5, 5.41) is 19.1. The van der Waals surface area contributed by atoms with Crippen molar-refractivity contribution < 1.29 is 9.90 Å². The van der Waals surface area contributed by atoms with Gasteiger partial charge in [-0.25, -0.2) is 0 Å². The van der Waals surface area contributed by atoms with Gasteiger partial charge in [0.2, 0.25) is 0 Å². The van der Waals surface area contributed by atoms with E-state index in [1.807, 2.05) is 36.0 Å². The lowest BCUT2D eigenvalue weighted by Crippen LogP contribution is -2.28. The molecule has 2 aliphatic rings. The third kappa shape index (κ3) is 3.97. The van der Waals surface area contributed by atoms with E-state index in [1.54, 1.807) is 19.0 Å². The van der Waals surface area contributed by atoms with Gasteiger partial charge in [-0.3, -0.25) is 4.79 Å². The molecule has 1 N–H and O–H groups in total. The lowest BCUT2D eigenvalue weighted by molar-refractivity contribution is 0.0827. The number of hydrogen-bond donors (Lipinski definition) is 1. The summed E-state index contributed by atoms with van der Waals surface area (Å²) in [5.41, 5.74) is 4.14.